The van der Waals surface area contributed by atoms with Gasteiger partial charge in [-0.25, -0.2) is 9.97 Å². The molecule has 4 rings (SSSR count). The lowest BCUT2D eigenvalue weighted by molar-refractivity contribution is -0.136. The minimum Gasteiger partial charge on any atom is -0.421 e. The molecule has 2 aromatic heterocycles. The van der Waals surface area contributed by atoms with Crippen LogP contribution >= 0.6 is 0 Å². The fourth-order valence-electron chi connectivity index (χ4n) is 3.17. The first-order chi connectivity index (χ1) is 15.6. The maximum atomic E-state index is 13.1. The van der Waals surface area contributed by atoms with E-state index in [9.17, 15) is 18.0 Å². The number of hydrogen-bond donors (Lipinski definition) is 2. The topological polar surface area (TPSA) is 103 Å². The zero-order valence-electron chi connectivity index (χ0n) is 16.7. The molecule has 7 nitrogen and oxygen atoms in total. The van der Waals surface area contributed by atoms with Crippen LogP contribution < -0.4 is 26.7 Å². The molecule has 0 aliphatic heterocycles. The molecule has 0 unspecified atom stereocenters. The third kappa shape index (κ3) is 4.59. The smallest absolute Gasteiger partial charge is 0.415 e. The quantitative estimate of drug-likeness (QED) is 0.468. The third-order valence-corrected chi connectivity index (χ3v) is 4.60. The molecule has 4 radical (unpaired) electrons. The number of rotatable bonds is 4. The molecule has 4 aromatic rings. The van der Waals surface area contributed by atoms with E-state index in [1.165, 1.54) is 30.5 Å². The van der Waals surface area contributed by atoms with Crippen LogP contribution in [0, 0.1) is 0 Å². The Kier molecular flexibility index (Phi) is 5.67. The van der Waals surface area contributed by atoms with Gasteiger partial charge in [0.05, 0.1) is 11.1 Å². The number of nitrogens with one attached hydrogen (secondary N) is 1. The number of aromatic nitrogens is 3. The second-order valence-corrected chi connectivity index (χ2v) is 6.82. The minimum absolute atomic E-state index is 0.00841. The maximum Gasteiger partial charge on any atom is 0.415 e. The van der Waals surface area contributed by atoms with E-state index in [4.69, 9.17) is 26.2 Å². The maximum absolute atomic E-state index is 13.1. The molecule has 0 bridgehead atoms. The van der Waals surface area contributed by atoms with Crippen molar-refractivity contribution in [3.63, 3.8) is 0 Å². The highest BCUT2D eigenvalue weighted by molar-refractivity contribution is 6.41. The van der Waals surface area contributed by atoms with Gasteiger partial charge in [0, 0.05) is 28.9 Å². The Labute approximate surface area is 188 Å². The largest absolute Gasteiger partial charge is 0.421 e. The molecule has 0 aliphatic carbocycles. The van der Waals surface area contributed by atoms with Gasteiger partial charge in [-0.2, -0.15) is 18.2 Å². The van der Waals surface area contributed by atoms with E-state index < -0.39 is 23.1 Å². The minimum atomic E-state index is -4.66. The Morgan fingerprint density at radius 1 is 1.03 bits per heavy atom. The summed E-state index contributed by atoms with van der Waals surface area (Å²) in [6, 6.07) is 10.7. The Morgan fingerprint density at radius 3 is 2.52 bits per heavy atom. The van der Waals surface area contributed by atoms with Crippen LogP contribution in [0.15, 0.2) is 54.7 Å². The monoisotopic (exact) mass is 445 g/mol. The normalized spacial score (nSPS) is 11.4. The van der Waals surface area contributed by atoms with Gasteiger partial charge >= 0.3 is 6.18 Å². The lowest BCUT2D eigenvalue weighted by Crippen LogP contribution is -2.26. The van der Waals surface area contributed by atoms with E-state index in [2.05, 4.69) is 20.3 Å². The number of fused-ring (bicyclic) bond motifs is 1. The number of carbonyl (C=O) groups is 1. The van der Waals surface area contributed by atoms with Crippen molar-refractivity contribution < 1.29 is 22.7 Å². The fraction of sp³-hybridized carbons (Fsp3) is 0.0476. The van der Waals surface area contributed by atoms with Gasteiger partial charge in [-0.05, 0) is 24.3 Å². The van der Waals surface area contributed by atoms with Gasteiger partial charge < -0.3 is 15.8 Å². The van der Waals surface area contributed by atoms with Crippen molar-refractivity contribution in [1.82, 2.24) is 15.0 Å². The molecule has 0 atom stereocenters. The molecule has 160 valence electrons. The number of benzene rings is 2. The highest BCUT2D eigenvalue weighted by Crippen LogP contribution is 2.29. The van der Waals surface area contributed by atoms with Crippen LogP contribution in [-0.4, -0.2) is 36.6 Å². The molecule has 2 heterocycles. The number of nitrogen functional groups attached to an aromatic ring is 1. The molecular formula is C21H12B2F3N5O2. The van der Waals surface area contributed by atoms with Crippen LogP contribution in [0.1, 0.15) is 15.9 Å². The average Bonchev–Trinajstić information content (AvgIpc) is 2.74. The Morgan fingerprint density at radius 2 is 1.79 bits per heavy atom. The summed E-state index contributed by atoms with van der Waals surface area (Å²) in [6.45, 7) is 0. The zero-order valence-corrected chi connectivity index (χ0v) is 16.7. The van der Waals surface area contributed by atoms with Crippen molar-refractivity contribution in [3.05, 3.63) is 65.9 Å². The van der Waals surface area contributed by atoms with Gasteiger partial charge in [-0.1, -0.05) is 29.1 Å². The van der Waals surface area contributed by atoms with Crippen LogP contribution in [0.3, 0.4) is 0 Å². The lowest BCUT2D eigenvalue weighted by atomic mass is 9.87. The zero-order chi connectivity index (χ0) is 23.8. The number of hydrogen-bond acceptors (Lipinski definition) is 6. The molecule has 0 saturated heterocycles. The first-order valence-electron chi connectivity index (χ1n) is 9.36. The number of anilines is 2. The fourth-order valence-corrected chi connectivity index (χ4v) is 3.17. The van der Waals surface area contributed by atoms with E-state index in [1.54, 1.807) is 12.1 Å². The molecule has 12 heteroatoms. The van der Waals surface area contributed by atoms with E-state index in [0.717, 1.165) is 12.1 Å². The number of ether oxygens (including phenoxy) is 1. The van der Waals surface area contributed by atoms with E-state index in [-0.39, 0.29) is 39.8 Å². The number of halogens is 3. The number of alkyl halides is 3. The number of pyridine rings is 1. The summed E-state index contributed by atoms with van der Waals surface area (Å²) >= 11 is 0. The van der Waals surface area contributed by atoms with Crippen molar-refractivity contribution in [1.29, 1.82) is 0 Å². The SMILES string of the molecule is [B]c1c(NC(=O)c2cccc3nc(Oc4ccnc(N)n4)cc([B])c23)cccc1C(F)(F)F. The predicted octanol–water partition coefficient (Wildman–Crippen LogP) is 2.26. The second-order valence-electron chi connectivity index (χ2n) is 6.82. The Hall–Kier alpha value is -4.08. The van der Waals surface area contributed by atoms with Gasteiger partial charge in [0.15, 0.2) is 0 Å². The Balaban J connectivity index is 1.68. The summed E-state index contributed by atoms with van der Waals surface area (Å²) in [5.41, 5.74) is 4.27. The van der Waals surface area contributed by atoms with Crippen LogP contribution in [0.5, 0.6) is 11.8 Å². The number of nitrogens with two attached hydrogens (primary N) is 1. The van der Waals surface area contributed by atoms with Crippen LogP contribution in [-0.2, 0) is 6.18 Å². The van der Waals surface area contributed by atoms with Gasteiger partial charge in [-0.3, -0.25) is 4.79 Å². The number of amides is 1. The summed E-state index contributed by atoms with van der Waals surface area (Å²) in [7, 11) is 11.8. The van der Waals surface area contributed by atoms with Crippen LogP contribution in [0.4, 0.5) is 24.8 Å². The lowest BCUT2D eigenvalue weighted by Gasteiger charge is -2.16. The highest BCUT2D eigenvalue weighted by atomic mass is 19.4. The molecule has 0 aliphatic rings. The summed E-state index contributed by atoms with van der Waals surface area (Å²) in [5, 5.41) is 2.70. The van der Waals surface area contributed by atoms with E-state index >= 15 is 0 Å². The number of nitrogens with zero attached hydrogens (tertiary/aromatic N) is 3. The van der Waals surface area contributed by atoms with Crippen molar-refractivity contribution in [2.45, 2.75) is 6.18 Å². The van der Waals surface area contributed by atoms with Crippen LogP contribution in [0.2, 0.25) is 0 Å². The summed E-state index contributed by atoms with van der Waals surface area (Å²) in [6.07, 6.45) is -3.26. The number of carbonyl (C=O) groups excluding carboxylic acids is 1. The molecule has 1 amide bonds. The standard InChI is InChI=1S/C21H12B2F3N5O2/c22-12-9-16(33-15-7-8-28-20(27)31-15)29-13-5-1-3-10(17(12)13)19(32)30-14-6-2-4-11(18(14)23)21(24,25)26/h1-9H,(H,30,32)(H2,27,28,31). The van der Waals surface area contributed by atoms with E-state index in [1.807, 2.05) is 0 Å². The summed E-state index contributed by atoms with van der Waals surface area (Å²) < 4.78 is 44.9. The summed E-state index contributed by atoms with van der Waals surface area (Å²) in [5.74, 6) is -0.466. The van der Waals surface area contributed by atoms with Crippen LogP contribution in [0.25, 0.3) is 10.9 Å². The summed E-state index contributed by atoms with van der Waals surface area (Å²) in [4.78, 5) is 24.9. The van der Waals surface area contributed by atoms with Crippen molar-refractivity contribution >= 4 is 55.1 Å². The molecule has 3 N–H and O–H groups in total. The van der Waals surface area contributed by atoms with Gasteiger partial charge in [0.1, 0.15) is 15.7 Å². The average molecular weight is 445 g/mol. The molecular weight excluding hydrogens is 433 g/mol. The molecule has 0 saturated carbocycles. The van der Waals surface area contributed by atoms with Gasteiger partial charge in [0.2, 0.25) is 17.7 Å². The van der Waals surface area contributed by atoms with Crippen molar-refractivity contribution in [3.8, 4) is 11.8 Å². The molecule has 2 aromatic carbocycles. The first-order valence-corrected chi connectivity index (χ1v) is 9.36. The second kappa shape index (κ2) is 8.45. The molecule has 0 fully saturated rings. The first kappa shape index (κ1) is 22.1. The van der Waals surface area contributed by atoms with E-state index in [0.29, 0.717) is 5.52 Å². The molecule has 33 heavy (non-hydrogen) atoms. The third-order valence-electron chi connectivity index (χ3n) is 4.60. The van der Waals surface area contributed by atoms with Crippen molar-refractivity contribution in [2.75, 3.05) is 11.1 Å². The van der Waals surface area contributed by atoms with Crippen molar-refractivity contribution in [2.24, 2.45) is 0 Å². The highest BCUT2D eigenvalue weighted by Gasteiger charge is 2.32. The van der Waals surface area contributed by atoms with Gasteiger partial charge in [0.25, 0.3) is 5.91 Å². The van der Waals surface area contributed by atoms with Gasteiger partial charge in [-0.15, -0.1) is 0 Å². The predicted molar refractivity (Wildman–Crippen MR) is 118 cm³/mol. The molecule has 0 spiro atoms. The Bertz CT molecular complexity index is 1380.